The first-order chi connectivity index (χ1) is 9.92. The average molecular weight is 343 g/mol. The molecule has 0 saturated heterocycles. The van der Waals surface area contributed by atoms with Gasteiger partial charge in [0.25, 0.3) is 5.91 Å². The number of aryl methyl sites for hydroxylation is 1. The summed E-state index contributed by atoms with van der Waals surface area (Å²) in [6.45, 7) is 3.81. The minimum absolute atomic E-state index is 0.153. The highest BCUT2D eigenvalue weighted by Crippen LogP contribution is 2.32. The van der Waals surface area contributed by atoms with E-state index in [1.54, 1.807) is 13.1 Å². The highest BCUT2D eigenvalue weighted by atomic mass is 35.5. The number of hydrogen-bond acceptors (Lipinski definition) is 4. The number of rotatable bonds is 4. The summed E-state index contributed by atoms with van der Waals surface area (Å²) in [5.41, 5.74) is 1.44. The lowest BCUT2D eigenvalue weighted by atomic mass is 10.1. The van der Waals surface area contributed by atoms with Crippen LogP contribution in [-0.2, 0) is 11.2 Å². The van der Waals surface area contributed by atoms with Crippen LogP contribution in [-0.4, -0.2) is 18.9 Å². The Morgan fingerprint density at radius 2 is 1.95 bits per heavy atom. The second-order valence-corrected chi connectivity index (χ2v) is 7.52. The van der Waals surface area contributed by atoms with E-state index in [-0.39, 0.29) is 18.2 Å². The van der Waals surface area contributed by atoms with E-state index in [9.17, 15) is 9.59 Å². The zero-order valence-corrected chi connectivity index (χ0v) is 14.3. The summed E-state index contributed by atoms with van der Waals surface area (Å²) in [6.07, 6.45) is 0.251. The molecule has 0 aliphatic carbocycles. The second-order valence-electron chi connectivity index (χ2n) is 4.50. The molecule has 0 fully saturated rings. The minimum Gasteiger partial charge on any atom is -0.355 e. The molecule has 0 aliphatic rings. The van der Waals surface area contributed by atoms with Gasteiger partial charge in [0.05, 0.1) is 16.3 Å². The number of hydrogen-bond donors (Lipinski definition) is 2. The number of anilines is 1. The number of carbonyl (C=O) groups excluding carboxylic acids is 2. The molecule has 0 saturated carbocycles. The van der Waals surface area contributed by atoms with Crippen LogP contribution in [0.5, 0.6) is 0 Å². The summed E-state index contributed by atoms with van der Waals surface area (Å²) < 4.78 is 0.659. The van der Waals surface area contributed by atoms with Gasteiger partial charge in [-0.2, -0.15) is 0 Å². The van der Waals surface area contributed by atoms with E-state index in [0.717, 1.165) is 15.3 Å². The van der Waals surface area contributed by atoms with Crippen molar-refractivity contribution in [1.82, 2.24) is 5.32 Å². The van der Waals surface area contributed by atoms with E-state index in [4.69, 9.17) is 11.6 Å². The van der Waals surface area contributed by atoms with Crippen LogP contribution in [0.1, 0.15) is 25.7 Å². The van der Waals surface area contributed by atoms with Crippen LogP contribution in [0, 0.1) is 13.8 Å². The van der Waals surface area contributed by atoms with Crippen molar-refractivity contribution in [3.05, 3.63) is 37.4 Å². The van der Waals surface area contributed by atoms with Crippen molar-refractivity contribution in [1.29, 1.82) is 0 Å². The van der Waals surface area contributed by atoms with Crippen LogP contribution in [0.15, 0.2) is 12.1 Å². The average Bonchev–Trinajstić information content (AvgIpc) is 2.94. The molecule has 112 valence electrons. The molecule has 0 spiro atoms. The van der Waals surface area contributed by atoms with Crippen LogP contribution in [0.4, 0.5) is 5.00 Å². The third-order valence-corrected chi connectivity index (χ3v) is 5.41. The van der Waals surface area contributed by atoms with Crippen molar-refractivity contribution < 1.29 is 9.59 Å². The van der Waals surface area contributed by atoms with E-state index in [2.05, 4.69) is 10.6 Å². The maximum atomic E-state index is 12.1. The van der Waals surface area contributed by atoms with Crippen molar-refractivity contribution in [2.75, 3.05) is 12.4 Å². The quantitative estimate of drug-likeness (QED) is 0.891. The molecule has 2 rings (SSSR count). The number of thiophene rings is 2. The standard InChI is InChI=1S/C14H15ClN2O2S2/c1-7-8(2)20-14(12(7)13(19)16-3)17-11(18)6-9-4-5-10(15)21-9/h4-5H,6H2,1-3H3,(H,16,19)(H,17,18). The Balaban J connectivity index is 2.17. The summed E-state index contributed by atoms with van der Waals surface area (Å²) in [5, 5.41) is 6.03. The fourth-order valence-corrected chi connectivity index (χ4v) is 4.05. The first kappa shape index (κ1) is 16.0. The van der Waals surface area contributed by atoms with Gasteiger partial charge < -0.3 is 10.6 Å². The molecule has 0 radical (unpaired) electrons. The topological polar surface area (TPSA) is 58.2 Å². The molecule has 2 aromatic heterocycles. The van der Waals surface area contributed by atoms with Crippen LogP contribution in [0.2, 0.25) is 4.34 Å². The van der Waals surface area contributed by atoms with Gasteiger partial charge in [-0.3, -0.25) is 9.59 Å². The molecule has 2 heterocycles. The fraction of sp³-hybridized carbons (Fsp3) is 0.286. The fourth-order valence-electron chi connectivity index (χ4n) is 1.89. The lowest BCUT2D eigenvalue weighted by molar-refractivity contribution is -0.115. The van der Waals surface area contributed by atoms with E-state index in [1.165, 1.54) is 22.7 Å². The first-order valence-corrected chi connectivity index (χ1v) is 8.29. The lowest BCUT2D eigenvalue weighted by Gasteiger charge is -2.06. The number of carbonyl (C=O) groups is 2. The molecule has 0 unspecified atom stereocenters. The molecule has 0 aliphatic heterocycles. The number of amides is 2. The van der Waals surface area contributed by atoms with Gasteiger partial charge in [0.2, 0.25) is 5.91 Å². The highest BCUT2D eigenvalue weighted by Gasteiger charge is 2.20. The minimum atomic E-state index is -0.189. The van der Waals surface area contributed by atoms with E-state index in [0.29, 0.717) is 14.9 Å². The van der Waals surface area contributed by atoms with Gasteiger partial charge in [0.15, 0.2) is 0 Å². The first-order valence-electron chi connectivity index (χ1n) is 6.28. The second kappa shape index (κ2) is 6.60. The van der Waals surface area contributed by atoms with Gasteiger partial charge in [-0.05, 0) is 31.5 Å². The molecular formula is C14H15ClN2O2S2. The molecule has 4 nitrogen and oxygen atoms in total. The Labute approximate surface area is 136 Å². The van der Waals surface area contributed by atoms with Crippen LogP contribution in [0.3, 0.4) is 0 Å². The zero-order chi connectivity index (χ0) is 15.6. The lowest BCUT2D eigenvalue weighted by Crippen LogP contribution is -2.21. The van der Waals surface area contributed by atoms with E-state index < -0.39 is 0 Å². The Kier molecular flexibility index (Phi) is 5.03. The summed E-state index contributed by atoms with van der Waals surface area (Å²) in [6, 6.07) is 3.60. The van der Waals surface area contributed by atoms with Crippen LogP contribution >= 0.6 is 34.3 Å². The van der Waals surface area contributed by atoms with Gasteiger partial charge in [-0.1, -0.05) is 11.6 Å². The smallest absolute Gasteiger partial charge is 0.254 e. The molecule has 2 amide bonds. The normalized spacial score (nSPS) is 10.5. The summed E-state index contributed by atoms with van der Waals surface area (Å²) in [4.78, 5) is 26.0. The Morgan fingerprint density at radius 3 is 2.52 bits per heavy atom. The van der Waals surface area contributed by atoms with Crippen LogP contribution < -0.4 is 10.6 Å². The van der Waals surface area contributed by atoms with Crippen molar-refractivity contribution in [3.63, 3.8) is 0 Å². The van der Waals surface area contributed by atoms with Crippen molar-refractivity contribution in [2.24, 2.45) is 0 Å². The number of halogens is 1. The van der Waals surface area contributed by atoms with Gasteiger partial charge >= 0.3 is 0 Å². The van der Waals surface area contributed by atoms with E-state index in [1.807, 2.05) is 19.9 Å². The van der Waals surface area contributed by atoms with Gasteiger partial charge in [-0.25, -0.2) is 0 Å². The third kappa shape index (κ3) is 3.64. The predicted octanol–water partition coefficient (Wildman–Crippen LogP) is 3.62. The Hall–Kier alpha value is -1.37. The predicted molar refractivity (Wildman–Crippen MR) is 88.8 cm³/mol. The zero-order valence-electron chi connectivity index (χ0n) is 11.9. The van der Waals surface area contributed by atoms with Crippen molar-refractivity contribution >= 4 is 51.1 Å². The maximum Gasteiger partial charge on any atom is 0.254 e. The largest absolute Gasteiger partial charge is 0.355 e. The van der Waals surface area contributed by atoms with Crippen molar-refractivity contribution in [2.45, 2.75) is 20.3 Å². The summed E-state index contributed by atoms with van der Waals surface area (Å²) >= 11 is 8.64. The molecular weight excluding hydrogens is 328 g/mol. The highest BCUT2D eigenvalue weighted by molar-refractivity contribution is 7.17. The Bertz CT molecular complexity index is 691. The molecule has 2 N–H and O–H groups in total. The molecule has 0 aromatic carbocycles. The van der Waals surface area contributed by atoms with Gasteiger partial charge in [0, 0.05) is 16.8 Å². The Morgan fingerprint density at radius 1 is 1.24 bits per heavy atom. The molecule has 7 heteroatoms. The molecule has 0 atom stereocenters. The molecule has 2 aromatic rings. The van der Waals surface area contributed by atoms with Gasteiger partial charge in [0.1, 0.15) is 5.00 Å². The third-order valence-electron chi connectivity index (χ3n) is 3.06. The van der Waals surface area contributed by atoms with Crippen LogP contribution in [0.25, 0.3) is 0 Å². The molecule has 0 bridgehead atoms. The maximum absolute atomic E-state index is 12.1. The number of nitrogens with one attached hydrogen (secondary N) is 2. The van der Waals surface area contributed by atoms with E-state index >= 15 is 0 Å². The SMILES string of the molecule is CNC(=O)c1c(NC(=O)Cc2ccc(Cl)s2)sc(C)c1C. The molecule has 21 heavy (non-hydrogen) atoms. The van der Waals surface area contributed by atoms with Gasteiger partial charge in [-0.15, -0.1) is 22.7 Å². The summed E-state index contributed by atoms with van der Waals surface area (Å²) in [7, 11) is 1.58. The monoisotopic (exact) mass is 342 g/mol. The van der Waals surface area contributed by atoms with Crippen molar-refractivity contribution in [3.8, 4) is 0 Å². The summed E-state index contributed by atoms with van der Waals surface area (Å²) in [5.74, 6) is -0.341.